The summed E-state index contributed by atoms with van der Waals surface area (Å²) < 4.78 is 0. The summed E-state index contributed by atoms with van der Waals surface area (Å²) in [5, 5.41) is 3.63. The predicted octanol–water partition coefficient (Wildman–Crippen LogP) is 2.76. The molecule has 104 valence electrons. The van der Waals surface area contributed by atoms with E-state index in [0.717, 1.165) is 12.6 Å². The van der Waals surface area contributed by atoms with Gasteiger partial charge < -0.3 is 5.32 Å². The van der Waals surface area contributed by atoms with E-state index < -0.39 is 0 Å². The van der Waals surface area contributed by atoms with Gasteiger partial charge in [-0.3, -0.25) is 4.90 Å². The SMILES string of the molecule is CC(C)(C)C1=CCN(CCC2CSCCN2)CC1. The van der Waals surface area contributed by atoms with E-state index in [1.54, 1.807) is 5.57 Å². The van der Waals surface area contributed by atoms with Crippen LogP contribution in [0.1, 0.15) is 33.6 Å². The smallest absolute Gasteiger partial charge is 0.0170 e. The highest BCUT2D eigenvalue weighted by Crippen LogP contribution is 2.30. The maximum atomic E-state index is 3.63. The van der Waals surface area contributed by atoms with Crippen LogP contribution in [0.15, 0.2) is 11.6 Å². The van der Waals surface area contributed by atoms with E-state index in [1.807, 2.05) is 0 Å². The minimum atomic E-state index is 0.369. The normalized spacial score (nSPS) is 27.1. The standard InChI is InChI=1S/C15H28N2S/c1-15(2,3)13-4-8-17(9-5-13)10-6-14-12-18-11-7-16-14/h4,14,16H,5-12H2,1-3H3. The highest BCUT2D eigenvalue weighted by atomic mass is 32.2. The molecule has 18 heavy (non-hydrogen) atoms. The number of rotatable bonds is 3. The molecule has 0 aromatic rings. The van der Waals surface area contributed by atoms with Gasteiger partial charge in [0.05, 0.1) is 0 Å². The summed E-state index contributed by atoms with van der Waals surface area (Å²) in [4.78, 5) is 2.61. The lowest BCUT2D eigenvalue weighted by Crippen LogP contribution is -2.41. The van der Waals surface area contributed by atoms with Gasteiger partial charge in [-0.1, -0.05) is 32.4 Å². The molecule has 1 atom stereocenters. The quantitative estimate of drug-likeness (QED) is 0.792. The van der Waals surface area contributed by atoms with Crippen LogP contribution in [0.5, 0.6) is 0 Å². The van der Waals surface area contributed by atoms with Gasteiger partial charge in [0.2, 0.25) is 0 Å². The highest BCUT2D eigenvalue weighted by molar-refractivity contribution is 7.99. The molecule has 0 radical (unpaired) electrons. The summed E-state index contributed by atoms with van der Waals surface area (Å²) in [5.41, 5.74) is 2.01. The first-order chi connectivity index (χ1) is 8.55. The van der Waals surface area contributed by atoms with E-state index in [-0.39, 0.29) is 0 Å². The van der Waals surface area contributed by atoms with E-state index >= 15 is 0 Å². The van der Waals surface area contributed by atoms with Crippen LogP contribution in [0.25, 0.3) is 0 Å². The minimum Gasteiger partial charge on any atom is -0.312 e. The maximum absolute atomic E-state index is 3.63. The predicted molar refractivity (Wildman–Crippen MR) is 82.3 cm³/mol. The third-order valence-electron chi connectivity index (χ3n) is 4.05. The molecule has 1 saturated heterocycles. The first kappa shape index (κ1) is 14.4. The van der Waals surface area contributed by atoms with Gasteiger partial charge in [0.15, 0.2) is 0 Å². The zero-order chi connectivity index (χ0) is 13.0. The summed E-state index contributed by atoms with van der Waals surface area (Å²) in [6, 6.07) is 0.747. The third kappa shape index (κ3) is 4.29. The topological polar surface area (TPSA) is 15.3 Å². The Hall–Kier alpha value is 0.01000. The second-order valence-corrected chi connectivity index (χ2v) is 7.69. The van der Waals surface area contributed by atoms with Crippen molar-refractivity contribution < 1.29 is 0 Å². The zero-order valence-electron chi connectivity index (χ0n) is 12.2. The van der Waals surface area contributed by atoms with Gasteiger partial charge in [0.25, 0.3) is 0 Å². The number of nitrogens with zero attached hydrogens (tertiary/aromatic N) is 1. The fourth-order valence-corrected chi connectivity index (χ4v) is 3.74. The Morgan fingerprint density at radius 2 is 2.28 bits per heavy atom. The van der Waals surface area contributed by atoms with Crippen molar-refractivity contribution in [3.8, 4) is 0 Å². The number of hydrogen-bond donors (Lipinski definition) is 1. The Kier molecular flexibility index (Phi) is 5.16. The largest absolute Gasteiger partial charge is 0.312 e. The van der Waals surface area contributed by atoms with Crippen molar-refractivity contribution >= 4 is 11.8 Å². The molecule has 1 unspecified atom stereocenters. The average molecular weight is 268 g/mol. The Morgan fingerprint density at radius 3 is 2.83 bits per heavy atom. The third-order valence-corrected chi connectivity index (χ3v) is 5.18. The molecule has 2 rings (SSSR count). The summed E-state index contributed by atoms with van der Waals surface area (Å²) in [6.45, 7) is 11.9. The summed E-state index contributed by atoms with van der Waals surface area (Å²) in [7, 11) is 0. The fourth-order valence-electron chi connectivity index (χ4n) is 2.74. The van der Waals surface area contributed by atoms with Crippen LogP contribution in [-0.2, 0) is 0 Å². The van der Waals surface area contributed by atoms with Gasteiger partial charge in [0.1, 0.15) is 0 Å². The van der Waals surface area contributed by atoms with Gasteiger partial charge >= 0.3 is 0 Å². The van der Waals surface area contributed by atoms with Crippen molar-refractivity contribution in [2.75, 3.05) is 37.7 Å². The van der Waals surface area contributed by atoms with Crippen molar-refractivity contribution in [3.05, 3.63) is 11.6 Å². The fraction of sp³-hybridized carbons (Fsp3) is 0.867. The van der Waals surface area contributed by atoms with Gasteiger partial charge in [-0.25, -0.2) is 0 Å². The molecule has 0 bridgehead atoms. The van der Waals surface area contributed by atoms with Gasteiger partial charge in [0, 0.05) is 37.2 Å². The van der Waals surface area contributed by atoms with Crippen LogP contribution in [-0.4, -0.2) is 48.6 Å². The summed E-state index contributed by atoms with van der Waals surface area (Å²) in [5.74, 6) is 2.59. The first-order valence-corrected chi connectivity index (χ1v) is 8.44. The van der Waals surface area contributed by atoms with Gasteiger partial charge in [-0.05, 0) is 24.8 Å². The van der Waals surface area contributed by atoms with Gasteiger partial charge in [-0.2, -0.15) is 11.8 Å². The highest BCUT2D eigenvalue weighted by Gasteiger charge is 2.21. The minimum absolute atomic E-state index is 0.369. The van der Waals surface area contributed by atoms with E-state index in [0.29, 0.717) is 5.41 Å². The van der Waals surface area contributed by atoms with Crippen LogP contribution in [0.2, 0.25) is 0 Å². The summed E-state index contributed by atoms with van der Waals surface area (Å²) in [6.07, 6.45) is 5.04. The molecule has 1 N–H and O–H groups in total. The molecule has 0 aromatic carbocycles. The van der Waals surface area contributed by atoms with Crippen LogP contribution in [0, 0.1) is 5.41 Å². The van der Waals surface area contributed by atoms with Crippen LogP contribution in [0.4, 0.5) is 0 Å². The van der Waals surface area contributed by atoms with Crippen LogP contribution >= 0.6 is 11.8 Å². The van der Waals surface area contributed by atoms with Crippen molar-refractivity contribution in [2.45, 2.75) is 39.7 Å². The van der Waals surface area contributed by atoms with Gasteiger partial charge in [-0.15, -0.1) is 0 Å². The molecular weight excluding hydrogens is 240 g/mol. The first-order valence-electron chi connectivity index (χ1n) is 7.29. The monoisotopic (exact) mass is 268 g/mol. The molecule has 0 amide bonds. The second-order valence-electron chi connectivity index (χ2n) is 6.54. The lowest BCUT2D eigenvalue weighted by Gasteiger charge is -2.33. The summed E-state index contributed by atoms with van der Waals surface area (Å²) >= 11 is 2.10. The van der Waals surface area contributed by atoms with E-state index in [2.05, 4.69) is 48.8 Å². The van der Waals surface area contributed by atoms with Crippen molar-refractivity contribution in [2.24, 2.45) is 5.41 Å². The molecule has 3 heteroatoms. The second kappa shape index (κ2) is 6.44. The molecule has 0 aliphatic carbocycles. The Labute approximate surface area is 117 Å². The van der Waals surface area contributed by atoms with Crippen LogP contribution in [0.3, 0.4) is 0 Å². The average Bonchev–Trinajstić information content (AvgIpc) is 2.37. The van der Waals surface area contributed by atoms with Crippen molar-refractivity contribution in [1.29, 1.82) is 0 Å². The van der Waals surface area contributed by atoms with Crippen LogP contribution < -0.4 is 5.32 Å². The van der Waals surface area contributed by atoms with E-state index in [4.69, 9.17) is 0 Å². The Morgan fingerprint density at radius 1 is 1.44 bits per heavy atom. The Balaban J connectivity index is 1.71. The number of thioether (sulfide) groups is 1. The molecule has 1 fully saturated rings. The molecule has 2 nitrogen and oxygen atoms in total. The molecular formula is C15H28N2S. The van der Waals surface area contributed by atoms with Crippen molar-refractivity contribution in [3.63, 3.8) is 0 Å². The number of nitrogens with one attached hydrogen (secondary N) is 1. The van der Waals surface area contributed by atoms with E-state index in [1.165, 1.54) is 44.0 Å². The lowest BCUT2D eigenvalue weighted by atomic mass is 9.83. The molecule has 0 saturated carbocycles. The molecule has 0 aromatic heterocycles. The maximum Gasteiger partial charge on any atom is 0.0170 e. The molecule has 2 aliphatic heterocycles. The molecule has 0 spiro atoms. The van der Waals surface area contributed by atoms with Crippen molar-refractivity contribution in [1.82, 2.24) is 10.2 Å². The number of hydrogen-bond acceptors (Lipinski definition) is 3. The van der Waals surface area contributed by atoms with E-state index in [9.17, 15) is 0 Å². The lowest BCUT2D eigenvalue weighted by molar-refractivity contribution is 0.265. The Bertz CT molecular complexity index is 287. The zero-order valence-corrected chi connectivity index (χ0v) is 13.0. The molecule has 2 heterocycles. The molecule has 2 aliphatic rings.